The van der Waals surface area contributed by atoms with Gasteiger partial charge >= 0.3 is 0 Å². The molecule has 1 rings (SSSR count). The maximum atomic E-state index is 12.3. The molecule has 5 heteroatoms. The molecule has 1 amide bonds. The number of likely N-dealkylation sites (tertiary alicyclic amines) is 1. The zero-order valence-corrected chi connectivity index (χ0v) is 8.81. The van der Waals surface area contributed by atoms with Crippen LogP contribution in [0.4, 0.5) is 8.78 Å². The van der Waals surface area contributed by atoms with E-state index in [9.17, 15) is 13.6 Å². The van der Waals surface area contributed by atoms with Crippen molar-refractivity contribution >= 4 is 17.5 Å². The van der Waals surface area contributed by atoms with E-state index in [0.717, 1.165) is 0 Å². The maximum absolute atomic E-state index is 12.3. The second-order valence-corrected chi connectivity index (χ2v) is 4.07. The summed E-state index contributed by atoms with van der Waals surface area (Å²) in [4.78, 5) is 12.9. The smallest absolute Gasteiger partial charge is 0.243 e. The van der Waals surface area contributed by atoms with Crippen molar-refractivity contribution in [3.8, 4) is 0 Å². The largest absolute Gasteiger partial charge is 0.341 e. The Kier molecular flexibility index (Phi) is 4.11. The van der Waals surface area contributed by atoms with Crippen LogP contribution in [0.15, 0.2) is 0 Å². The first-order chi connectivity index (χ1) is 6.56. The van der Waals surface area contributed by atoms with E-state index in [-0.39, 0.29) is 12.5 Å². The predicted octanol–water partition coefficient (Wildman–Crippen LogP) is 2.12. The first-order valence-corrected chi connectivity index (χ1v) is 5.21. The van der Waals surface area contributed by atoms with E-state index in [1.165, 1.54) is 4.90 Å². The van der Waals surface area contributed by atoms with Crippen molar-refractivity contribution in [2.24, 2.45) is 5.92 Å². The Morgan fingerprint density at radius 2 is 2.29 bits per heavy atom. The number of halogens is 3. The molecule has 1 fully saturated rings. The lowest BCUT2D eigenvalue weighted by Crippen LogP contribution is -2.35. The summed E-state index contributed by atoms with van der Waals surface area (Å²) < 4.78 is 24.6. The van der Waals surface area contributed by atoms with Gasteiger partial charge in [-0.2, -0.15) is 0 Å². The molecule has 2 nitrogen and oxygen atoms in total. The number of hydrogen-bond donors (Lipinski definition) is 0. The van der Waals surface area contributed by atoms with Gasteiger partial charge in [-0.1, -0.05) is 6.92 Å². The normalized spacial score (nSPS) is 24.4. The minimum Gasteiger partial charge on any atom is -0.341 e. The minimum atomic E-state index is -2.33. The van der Waals surface area contributed by atoms with Crippen LogP contribution in [0.5, 0.6) is 0 Å². The molecule has 0 bridgehead atoms. The van der Waals surface area contributed by atoms with E-state index in [0.29, 0.717) is 19.4 Å². The Morgan fingerprint density at radius 3 is 2.71 bits per heavy atom. The quantitative estimate of drug-likeness (QED) is 0.674. The van der Waals surface area contributed by atoms with Crippen LogP contribution in [-0.2, 0) is 4.79 Å². The van der Waals surface area contributed by atoms with Crippen molar-refractivity contribution in [1.29, 1.82) is 0 Å². The molecule has 0 aromatic carbocycles. The van der Waals surface area contributed by atoms with Crippen LogP contribution in [0.2, 0.25) is 0 Å². The monoisotopic (exact) mass is 225 g/mol. The number of nitrogens with zero attached hydrogens (tertiary/aromatic N) is 1. The van der Waals surface area contributed by atoms with E-state index in [1.54, 1.807) is 6.92 Å². The van der Waals surface area contributed by atoms with Crippen molar-refractivity contribution in [2.45, 2.75) is 31.6 Å². The number of hydrogen-bond acceptors (Lipinski definition) is 1. The van der Waals surface area contributed by atoms with Gasteiger partial charge in [-0.15, -0.1) is 11.6 Å². The molecule has 0 spiro atoms. The second kappa shape index (κ2) is 4.91. The zero-order chi connectivity index (χ0) is 10.7. The highest BCUT2D eigenvalue weighted by Crippen LogP contribution is 2.24. The fourth-order valence-electron chi connectivity index (χ4n) is 1.57. The van der Waals surface area contributed by atoms with Gasteiger partial charge < -0.3 is 4.90 Å². The highest BCUT2D eigenvalue weighted by molar-refractivity contribution is 6.30. The Hall–Kier alpha value is -0.380. The Bertz CT molecular complexity index is 213. The standard InChI is InChI=1S/C9H14ClF2NO/c1-2-7(10)9(14)13-4-3-6(5-13)8(11)12/h6-8H,2-5H2,1H3/t6-,7+/m0/s1. The van der Waals surface area contributed by atoms with Crippen LogP contribution in [0.25, 0.3) is 0 Å². The first kappa shape index (κ1) is 11.7. The molecule has 14 heavy (non-hydrogen) atoms. The Balaban J connectivity index is 2.45. The van der Waals surface area contributed by atoms with Gasteiger partial charge in [-0.25, -0.2) is 8.78 Å². The highest BCUT2D eigenvalue weighted by Gasteiger charge is 2.33. The van der Waals surface area contributed by atoms with Crippen molar-refractivity contribution < 1.29 is 13.6 Å². The summed E-state index contributed by atoms with van der Waals surface area (Å²) in [6, 6.07) is 0. The van der Waals surface area contributed by atoms with Crippen LogP contribution in [-0.4, -0.2) is 35.7 Å². The molecule has 0 N–H and O–H groups in total. The molecule has 1 heterocycles. The first-order valence-electron chi connectivity index (χ1n) is 4.77. The Morgan fingerprint density at radius 1 is 1.64 bits per heavy atom. The van der Waals surface area contributed by atoms with Crippen LogP contribution in [0.3, 0.4) is 0 Å². The summed E-state index contributed by atoms with van der Waals surface area (Å²) in [6.07, 6.45) is -1.41. The lowest BCUT2D eigenvalue weighted by atomic mass is 10.1. The van der Waals surface area contributed by atoms with Crippen LogP contribution in [0.1, 0.15) is 19.8 Å². The van der Waals surface area contributed by atoms with Gasteiger partial charge in [-0.3, -0.25) is 4.79 Å². The van der Waals surface area contributed by atoms with Gasteiger partial charge in [0.2, 0.25) is 12.3 Å². The summed E-state index contributed by atoms with van der Waals surface area (Å²) in [6.45, 7) is 2.37. The van der Waals surface area contributed by atoms with E-state index >= 15 is 0 Å². The van der Waals surface area contributed by atoms with Gasteiger partial charge in [0.25, 0.3) is 0 Å². The number of carbonyl (C=O) groups excluding carboxylic acids is 1. The third kappa shape index (κ3) is 2.56. The summed E-state index contributed by atoms with van der Waals surface area (Å²) in [5.74, 6) is -0.878. The molecular formula is C9H14ClF2NO. The lowest BCUT2D eigenvalue weighted by Gasteiger charge is -2.18. The molecule has 0 unspecified atom stereocenters. The zero-order valence-electron chi connectivity index (χ0n) is 8.05. The van der Waals surface area contributed by atoms with Gasteiger partial charge in [0.1, 0.15) is 5.38 Å². The van der Waals surface area contributed by atoms with Gasteiger partial charge in [0, 0.05) is 19.0 Å². The summed E-state index contributed by atoms with van der Waals surface area (Å²) in [5, 5.41) is -0.563. The van der Waals surface area contributed by atoms with Crippen molar-refractivity contribution in [1.82, 2.24) is 4.90 Å². The Labute approximate surface area is 87.2 Å². The molecule has 82 valence electrons. The van der Waals surface area contributed by atoms with E-state index in [4.69, 9.17) is 11.6 Å². The van der Waals surface area contributed by atoms with Crippen molar-refractivity contribution in [3.63, 3.8) is 0 Å². The molecule has 2 atom stereocenters. The summed E-state index contributed by atoms with van der Waals surface area (Å²) in [7, 11) is 0. The van der Waals surface area contributed by atoms with Crippen LogP contribution in [0, 0.1) is 5.92 Å². The topological polar surface area (TPSA) is 20.3 Å². The molecule has 1 saturated heterocycles. The molecular weight excluding hydrogens is 212 g/mol. The third-order valence-electron chi connectivity index (χ3n) is 2.52. The van der Waals surface area contributed by atoms with E-state index < -0.39 is 17.7 Å². The molecule has 1 aliphatic heterocycles. The summed E-state index contributed by atoms with van der Waals surface area (Å²) in [5.41, 5.74) is 0. The predicted molar refractivity (Wildman–Crippen MR) is 50.6 cm³/mol. The number of amides is 1. The molecule has 0 aliphatic carbocycles. The second-order valence-electron chi connectivity index (χ2n) is 3.54. The van der Waals surface area contributed by atoms with Gasteiger partial charge in [-0.05, 0) is 12.8 Å². The van der Waals surface area contributed by atoms with E-state index in [1.807, 2.05) is 0 Å². The SMILES string of the molecule is CC[C@@H](Cl)C(=O)N1CC[C@H](C(F)F)C1. The number of rotatable bonds is 3. The van der Waals surface area contributed by atoms with Crippen LogP contribution < -0.4 is 0 Å². The fraction of sp³-hybridized carbons (Fsp3) is 0.889. The lowest BCUT2D eigenvalue weighted by molar-refractivity contribution is -0.130. The molecule has 1 aliphatic rings. The van der Waals surface area contributed by atoms with Gasteiger partial charge in [0.15, 0.2) is 0 Å². The summed E-state index contributed by atoms with van der Waals surface area (Å²) >= 11 is 5.74. The van der Waals surface area contributed by atoms with Gasteiger partial charge in [0.05, 0.1) is 0 Å². The maximum Gasteiger partial charge on any atom is 0.243 e. The average molecular weight is 226 g/mol. The third-order valence-corrected chi connectivity index (χ3v) is 3.01. The fourth-order valence-corrected chi connectivity index (χ4v) is 1.70. The van der Waals surface area contributed by atoms with Crippen LogP contribution >= 0.6 is 11.6 Å². The number of alkyl halides is 3. The molecule has 0 saturated carbocycles. The molecule has 0 aromatic rings. The minimum absolute atomic E-state index is 0.152. The van der Waals surface area contributed by atoms with E-state index in [2.05, 4.69) is 0 Å². The average Bonchev–Trinajstić information content (AvgIpc) is 2.64. The van der Waals surface area contributed by atoms with Crippen molar-refractivity contribution in [2.75, 3.05) is 13.1 Å². The van der Waals surface area contributed by atoms with Crippen molar-refractivity contribution in [3.05, 3.63) is 0 Å². The molecule has 0 aromatic heterocycles. The molecule has 0 radical (unpaired) electrons. The number of carbonyl (C=O) groups is 1. The highest BCUT2D eigenvalue weighted by atomic mass is 35.5.